The molecule has 11 nitrogen and oxygen atoms in total. The number of carboxylic acids is 1. The van der Waals surface area contributed by atoms with Gasteiger partial charge in [-0.25, -0.2) is 14.8 Å². The highest BCUT2D eigenvalue weighted by Crippen LogP contribution is 2.35. The van der Waals surface area contributed by atoms with E-state index in [2.05, 4.69) is 15.6 Å². The largest absolute Gasteiger partial charge is 0.497 e. The van der Waals surface area contributed by atoms with Crippen molar-refractivity contribution in [3.63, 3.8) is 0 Å². The van der Waals surface area contributed by atoms with Gasteiger partial charge in [0.25, 0.3) is 0 Å². The van der Waals surface area contributed by atoms with Crippen LogP contribution >= 0.6 is 11.3 Å². The number of pyridine rings is 1. The van der Waals surface area contributed by atoms with E-state index in [0.717, 1.165) is 10.5 Å². The number of anilines is 1. The fourth-order valence-corrected chi connectivity index (χ4v) is 6.04. The Bertz CT molecular complexity index is 1440. The van der Waals surface area contributed by atoms with Gasteiger partial charge >= 0.3 is 5.97 Å². The molecule has 1 saturated heterocycles. The molecule has 0 bridgehead atoms. The van der Waals surface area contributed by atoms with Crippen LogP contribution in [0.25, 0.3) is 22.3 Å². The monoisotopic (exact) mass is 597 g/mol. The van der Waals surface area contributed by atoms with E-state index in [1.165, 1.54) is 23.3 Å². The number of hydrogen-bond acceptors (Lipinski definition) is 9. The fraction of sp³-hybridized carbons (Fsp3) is 0.500. The second-order valence-corrected chi connectivity index (χ2v) is 12.1. The van der Waals surface area contributed by atoms with E-state index in [1.807, 2.05) is 51.3 Å². The van der Waals surface area contributed by atoms with Gasteiger partial charge in [0.1, 0.15) is 29.3 Å². The number of carbonyl (C=O) groups is 3. The van der Waals surface area contributed by atoms with E-state index in [9.17, 15) is 19.5 Å². The normalized spacial score (nSPS) is 17.5. The van der Waals surface area contributed by atoms with Crippen molar-refractivity contribution in [3.05, 3.63) is 29.6 Å². The van der Waals surface area contributed by atoms with Crippen molar-refractivity contribution in [2.75, 3.05) is 26.0 Å². The zero-order valence-electron chi connectivity index (χ0n) is 24.8. The lowest BCUT2D eigenvalue weighted by Crippen LogP contribution is -2.42. The van der Waals surface area contributed by atoms with E-state index in [-0.39, 0.29) is 43.2 Å². The average Bonchev–Trinajstić information content (AvgIpc) is 3.58. The van der Waals surface area contributed by atoms with E-state index in [4.69, 9.17) is 14.5 Å². The Balaban J connectivity index is 1.62. The van der Waals surface area contributed by atoms with Gasteiger partial charge < -0.3 is 30.1 Å². The van der Waals surface area contributed by atoms with E-state index >= 15 is 0 Å². The van der Waals surface area contributed by atoms with Crippen molar-refractivity contribution < 1.29 is 29.0 Å². The molecule has 2 aromatic heterocycles. The Hall–Kier alpha value is -3.93. The van der Waals surface area contributed by atoms with Crippen LogP contribution in [0.4, 0.5) is 5.13 Å². The van der Waals surface area contributed by atoms with Gasteiger partial charge in [-0.3, -0.25) is 9.59 Å². The van der Waals surface area contributed by atoms with Crippen molar-refractivity contribution >= 4 is 45.2 Å². The molecule has 42 heavy (non-hydrogen) atoms. The molecule has 3 atom stereocenters. The maximum absolute atomic E-state index is 13.4. The third-order valence-electron chi connectivity index (χ3n) is 7.11. The smallest absolute Gasteiger partial charge is 0.326 e. The van der Waals surface area contributed by atoms with Gasteiger partial charge in [0, 0.05) is 54.7 Å². The summed E-state index contributed by atoms with van der Waals surface area (Å²) >= 11 is 1.48. The first-order chi connectivity index (χ1) is 20.0. The lowest BCUT2D eigenvalue weighted by Gasteiger charge is -2.24. The standard InChI is InChI=1S/C30H39N5O6S/c1-16(2)9-18(28(37)31-5)10-27(36)35-14-20(12-25(35)29(38)39)41-26-13-23(24-15-42-30(34-24)32-17(3)4)33-22-11-19(40-6)7-8-21(22)26/h7-8,11,13,15-18,20,25H,9-10,12,14H2,1-6H3,(H,31,37)(H,32,34)(H,38,39)/t18?,20-,25+/m1/s1. The summed E-state index contributed by atoms with van der Waals surface area (Å²) in [7, 11) is 3.12. The summed E-state index contributed by atoms with van der Waals surface area (Å²) in [5.74, 6) is -0.895. The minimum absolute atomic E-state index is 0.0624. The number of thiazole rings is 1. The number of amides is 2. The van der Waals surface area contributed by atoms with Crippen LogP contribution in [0.15, 0.2) is 29.6 Å². The molecule has 1 unspecified atom stereocenters. The van der Waals surface area contributed by atoms with Crippen LogP contribution in [0.1, 0.15) is 47.0 Å². The summed E-state index contributed by atoms with van der Waals surface area (Å²) < 4.78 is 11.8. The highest BCUT2D eigenvalue weighted by Gasteiger charge is 2.42. The van der Waals surface area contributed by atoms with Crippen LogP contribution in [0, 0.1) is 11.8 Å². The third kappa shape index (κ3) is 7.28. The van der Waals surface area contributed by atoms with Crippen LogP contribution in [0.5, 0.6) is 11.5 Å². The number of hydrogen-bond donors (Lipinski definition) is 3. The number of nitrogens with one attached hydrogen (secondary N) is 2. The van der Waals surface area contributed by atoms with Crippen molar-refractivity contribution in [1.29, 1.82) is 0 Å². The molecule has 0 saturated carbocycles. The second-order valence-electron chi connectivity index (χ2n) is 11.2. The quantitative estimate of drug-likeness (QED) is 0.276. The van der Waals surface area contributed by atoms with Crippen LogP contribution in [0.3, 0.4) is 0 Å². The Labute approximate surface area is 249 Å². The number of rotatable bonds is 12. The summed E-state index contributed by atoms with van der Waals surface area (Å²) in [4.78, 5) is 48.8. The molecule has 4 rings (SSSR count). The van der Waals surface area contributed by atoms with Crippen molar-refractivity contribution in [3.8, 4) is 22.9 Å². The van der Waals surface area contributed by atoms with E-state index in [0.29, 0.717) is 34.8 Å². The van der Waals surface area contributed by atoms with Crippen LogP contribution in [-0.2, 0) is 14.4 Å². The van der Waals surface area contributed by atoms with Crippen LogP contribution in [-0.4, -0.2) is 76.6 Å². The molecule has 12 heteroatoms. The predicted molar refractivity (Wildman–Crippen MR) is 162 cm³/mol. The molecule has 3 heterocycles. The predicted octanol–water partition coefficient (Wildman–Crippen LogP) is 4.42. The molecule has 3 N–H and O–H groups in total. The summed E-state index contributed by atoms with van der Waals surface area (Å²) in [6, 6.07) is 6.44. The maximum atomic E-state index is 13.4. The first-order valence-electron chi connectivity index (χ1n) is 14.1. The molecule has 1 aromatic carbocycles. The summed E-state index contributed by atoms with van der Waals surface area (Å²) in [6.07, 6.45) is 0.00182. The Morgan fingerprint density at radius 3 is 2.55 bits per heavy atom. The number of benzene rings is 1. The highest BCUT2D eigenvalue weighted by molar-refractivity contribution is 7.14. The van der Waals surface area contributed by atoms with Crippen molar-refractivity contribution in [2.24, 2.45) is 11.8 Å². The minimum atomic E-state index is -1.10. The van der Waals surface area contributed by atoms with Gasteiger partial charge in [-0.2, -0.15) is 0 Å². The van der Waals surface area contributed by atoms with Crippen molar-refractivity contribution in [1.82, 2.24) is 20.2 Å². The van der Waals surface area contributed by atoms with Gasteiger partial charge in [-0.1, -0.05) is 13.8 Å². The SMILES string of the molecule is CNC(=O)C(CC(=O)N1C[C@H](Oc2cc(-c3csc(NC(C)C)n3)nc3cc(OC)ccc23)C[C@H]1C(=O)O)CC(C)C. The van der Waals surface area contributed by atoms with Crippen molar-refractivity contribution in [2.45, 2.75) is 65.1 Å². The van der Waals surface area contributed by atoms with E-state index < -0.39 is 24.0 Å². The molecule has 0 radical (unpaired) electrons. The minimum Gasteiger partial charge on any atom is -0.497 e. The number of carbonyl (C=O) groups excluding carboxylic acids is 2. The number of methoxy groups -OCH3 is 1. The van der Waals surface area contributed by atoms with Gasteiger partial charge in [0.05, 0.1) is 24.9 Å². The number of aromatic nitrogens is 2. The molecular formula is C30H39N5O6S. The molecule has 1 aliphatic rings. The highest BCUT2D eigenvalue weighted by atomic mass is 32.1. The Kier molecular flexibility index (Phi) is 9.87. The Morgan fingerprint density at radius 1 is 1.14 bits per heavy atom. The summed E-state index contributed by atoms with van der Waals surface area (Å²) in [5, 5.41) is 19.3. The number of fused-ring (bicyclic) bond motifs is 1. The van der Waals surface area contributed by atoms with Gasteiger partial charge in [0.2, 0.25) is 11.8 Å². The lowest BCUT2D eigenvalue weighted by molar-refractivity contribution is -0.149. The Morgan fingerprint density at radius 2 is 1.90 bits per heavy atom. The fourth-order valence-electron chi connectivity index (χ4n) is 5.19. The molecule has 226 valence electrons. The number of ether oxygens (including phenoxy) is 2. The third-order valence-corrected chi connectivity index (χ3v) is 7.89. The summed E-state index contributed by atoms with van der Waals surface area (Å²) in [5.41, 5.74) is 1.91. The lowest BCUT2D eigenvalue weighted by atomic mass is 9.92. The molecule has 1 fully saturated rings. The second kappa shape index (κ2) is 13.4. The molecule has 0 spiro atoms. The van der Waals surface area contributed by atoms with Crippen LogP contribution < -0.4 is 20.1 Å². The number of likely N-dealkylation sites (tertiary alicyclic amines) is 1. The van der Waals surface area contributed by atoms with E-state index in [1.54, 1.807) is 13.2 Å². The summed E-state index contributed by atoms with van der Waals surface area (Å²) in [6.45, 7) is 8.13. The molecule has 2 amide bonds. The molecular weight excluding hydrogens is 558 g/mol. The number of aliphatic carboxylic acids is 1. The van der Waals surface area contributed by atoms with Gasteiger partial charge in [0.15, 0.2) is 5.13 Å². The first-order valence-corrected chi connectivity index (χ1v) is 15.0. The van der Waals surface area contributed by atoms with Crippen LogP contribution in [0.2, 0.25) is 0 Å². The molecule has 3 aromatic rings. The van der Waals surface area contributed by atoms with Gasteiger partial charge in [-0.05, 0) is 38.3 Å². The maximum Gasteiger partial charge on any atom is 0.326 e. The average molecular weight is 598 g/mol. The molecule has 1 aliphatic heterocycles. The topological polar surface area (TPSA) is 143 Å². The molecule has 0 aliphatic carbocycles. The van der Waals surface area contributed by atoms with Gasteiger partial charge in [-0.15, -0.1) is 11.3 Å². The number of nitrogens with zero attached hydrogens (tertiary/aromatic N) is 3. The first kappa shape index (κ1) is 31.0. The zero-order chi connectivity index (χ0) is 30.6. The number of carboxylic acid groups (broad SMARTS) is 1. The zero-order valence-corrected chi connectivity index (χ0v) is 25.7.